The highest BCUT2D eigenvalue weighted by Crippen LogP contribution is 2.50. The van der Waals surface area contributed by atoms with Crippen LogP contribution in [0.1, 0.15) is 38.2 Å². The summed E-state index contributed by atoms with van der Waals surface area (Å²) in [6.45, 7) is 3.64. The molecule has 0 unspecified atom stereocenters. The average molecular weight is 360 g/mol. The third kappa shape index (κ3) is 3.06. The van der Waals surface area contributed by atoms with Crippen molar-refractivity contribution in [2.45, 2.75) is 44.1 Å². The van der Waals surface area contributed by atoms with Gasteiger partial charge in [-0.05, 0) is 50.3 Å². The maximum absolute atomic E-state index is 12.9. The standard InChI is InChI=1S/C19H24N2O5/c1-2-24-18(23)21-9-5-14(6-10-21)20-17(22)19(7-8-19)13-3-4-15-16(11-13)26-12-25-15/h3-4,11,14H,2,5-10,12H2,1H3,(H,20,22). The number of nitrogens with zero attached hydrogens (tertiary/aromatic N) is 1. The second kappa shape index (κ2) is 6.70. The molecule has 4 rings (SSSR count). The van der Waals surface area contributed by atoms with Crippen molar-refractivity contribution in [2.24, 2.45) is 0 Å². The molecule has 1 saturated carbocycles. The highest BCUT2D eigenvalue weighted by Gasteiger charge is 2.52. The van der Waals surface area contributed by atoms with E-state index in [4.69, 9.17) is 14.2 Å². The minimum Gasteiger partial charge on any atom is -0.454 e. The second-order valence-electron chi connectivity index (χ2n) is 7.08. The molecule has 3 aliphatic rings. The van der Waals surface area contributed by atoms with Gasteiger partial charge >= 0.3 is 6.09 Å². The maximum atomic E-state index is 12.9. The third-order valence-electron chi connectivity index (χ3n) is 5.47. The van der Waals surface area contributed by atoms with Gasteiger partial charge in [0, 0.05) is 19.1 Å². The zero-order chi connectivity index (χ0) is 18.1. The molecule has 7 heteroatoms. The van der Waals surface area contributed by atoms with Gasteiger partial charge in [-0.1, -0.05) is 6.07 Å². The highest BCUT2D eigenvalue weighted by molar-refractivity contribution is 5.91. The van der Waals surface area contributed by atoms with Crippen molar-refractivity contribution in [3.05, 3.63) is 23.8 Å². The lowest BCUT2D eigenvalue weighted by Gasteiger charge is -2.32. The summed E-state index contributed by atoms with van der Waals surface area (Å²) in [6.07, 6.45) is 2.93. The first-order valence-corrected chi connectivity index (χ1v) is 9.25. The Kier molecular flexibility index (Phi) is 4.38. The monoisotopic (exact) mass is 360 g/mol. The SMILES string of the molecule is CCOC(=O)N1CCC(NC(=O)C2(c3ccc4c(c3)OCO4)CC2)CC1. The first-order valence-electron chi connectivity index (χ1n) is 9.25. The van der Waals surface area contributed by atoms with E-state index in [1.807, 2.05) is 18.2 Å². The van der Waals surface area contributed by atoms with E-state index in [0.29, 0.717) is 25.4 Å². The van der Waals surface area contributed by atoms with Crippen LogP contribution in [0.2, 0.25) is 0 Å². The van der Waals surface area contributed by atoms with Crippen LogP contribution < -0.4 is 14.8 Å². The average Bonchev–Trinajstić information content (AvgIpc) is 3.34. The van der Waals surface area contributed by atoms with Gasteiger partial charge < -0.3 is 24.4 Å². The number of benzene rings is 1. The summed E-state index contributed by atoms with van der Waals surface area (Å²) in [5.74, 6) is 1.52. The predicted octanol–water partition coefficient (Wildman–Crippen LogP) is 2.18. The van der Waals surface area contributed by atoms with Crippen LogP contribution in [0, 0.1) is 0 Å². The van der Waals surface area contributed by atoms with E-state index in [0.717, 1.165) is 37.0 Å². The summed E-state index contributed by atoms with van der Waals surface area (Å²) in [7, 11) is 0. The van der Waals surface area contributed by atoms with Crippen LogP contribution in [0.5, 0.6) is 11.5 Å². The van der Waals surface area contributed by atoms with Crippen molar-refractivity contribution in [1.82, 2.24) is 10.2 Å². The molecule has 1 aliphatic carbocycles. The number of ether oxygens (including phenoxy) is 3. The molecule has 7 nitrogen and oxygen atoms in total. The lowest BCUT2D eigenvalue weighted by molar-refractivity contribution is -0.124. The van der Waals surface area contributed by atoms with Crippen LogP contribution in [0.4, 0.5) is 4.79 Å². The van der Waals surface area contributed by atoms with Gasteiger partial charge in [-0.3, -0.25) is 4.79 Å². The lowest BCUT2D eigenvalue weighted by atomic mass is 9.93. The Morgan fingerprint density at radius 2 is 1.96 bits per heavy atom. The number of piperidine rings is 1. The largest absolute Gasteiger partial charge is 0.454 e. The van der Waals surface area contributed by atoms with Crippen molar-refractivity contribution >= 4 is 12.0 Å². The van der Waals surface area contributed by atoms with Gasteiger partial charge in [0.1, 0.15) is 0 Å². The Hall–Kier alpha value is -2.44. The van der Waals surface area contributed by atoms with Crippen LogP contribution in [0.3, 0.4) is 0 Å². The molecule has 0 radical (unpaired) electrons. The quantitative estimate of drug-likeness (QED) is 0.891. The molecular formula is C19H24N2O5. The summed E-state index contributed by atoms with van der Waals surface area (Å²) < 4.78 is 15.8. The van der Waals surface area contributed by atoms with Crippen molar-refractivity contribution in [1.29, 1.82) is 0 Å². The molecular weight excluding hydrogens is 336 g/mol. The van der Waals surface area contributed by atoms with Crippen LogP contribution in [-0.2, 0) is 14.9 Å². The molecule has 1 saturated heterocycles. The van der Waals surface area contributed by atoms with E-state index in [-0.39, 0.29) is 24.8 Å². The number of carbonyl (C=O) groups is 2. The number of nitrogens with one attached hydrogen (secondary N) is 1. The Bertz CT molecular complexity index is 708. The summed E-state index contributed by atoms with van der Waals surface area (Å²) in [4.78, 5) is 26.4. The molecule has 0 bridgehead atoms. The van der Waals surface area contributed by atoms with Crippen molar-refractivity contribution in [2.75, 3.05) is 26.5 Å². The van der Waals surface area contributed by atoms with Gasteiger partial charge in [-0.25, -0.2) is 4.79 Å². The zero-order valence-corrected chi connectivity index (χ0v) is 15.0. The smallest absolute Gasteiger partial charge is 0.409 e. The fraction of sp³-hybridized carbons (Fsp3) is 0.579. The molecule has 2 aliphatic heterocycles. The summed E-state index contributed by atoms with van der Waals surface area (Å²) in [6, 6.07) is 5.87. The van der Waals surface area contributed by atoms with Crippen LogP contribution >= 0.6 is 0 Å². The molecule has 2 amide bonds. The molecule has 0 spiro atoms. The Labute approximate surface area is 152 Å². The predicted molar refractivity (Wildman–Crippen MR) is 93.2 cm³/mol. The van der Waals surface area contributed by atoms with Crippen LogP contribution in [0.15, 0.2) is 18.2 Å². The normalized spacial score (nSPS) is 20.6. The van der Waals surface area contributed by atoms with E-state index >= 15 is 0 Å². The molecule has 0 aromatic heterocycles. The van der Waals surface area contributed by atoms with Gasteiger partial charge in [0.25, 0.3) is 0 Å². The first-order chi connectivity index (χ1) is 12.6. The van der Waals surface area contributed by atoms with Crippen LogP contribution in [0.25, 0.3) is 0 Å². The minimum atomic E-state index is -0.445. The molecule has 26 heavy (non-hydrogen) atoms. The van der Waals surface area contributed by atoms with Gasteiger partial charge in [-0.2, -0.15) is 0 Å². The fourth-order valence-corrected chi connectivity index (χ4v) is 3.71. The molecule has 0 atom stereocenters. The summed E-state index contributed by atoms with van der Waals surface area (Å²) in [5, 5.41) is 3.19. The van der Waals surface area contributed by atoms with Gasteiger partial charge in [-0.15, -0.1) is 0 Å². The Balaban J connectivity index is 1.36. The van der Waals surface area contributed by atoms with E-state index in [2.05, 4.69) is 5.32 Å². The van der Waals surface area contributed by atoms with E-state index in [1.165, 1.54) is 0 Å². The molecule has 1 aromatic carbocycles. The number of carbonyl (C=O) groups excluding carboxylic acids is 2. The third-order valence-corrected chi connectivity index (χ3v) is 5.47. The zero-order valence-electron chi connectivity index (χ0n) is 15.0. The van der Waals surface area contributed by atoms with Crippen molar-refractivity contribution < 1.29 is 23.8 Å². The lowest BCUT2D eigenvalue weighted by Crippen LogP contribution is -2.49. The van der Waals surface area contributed by atoms with Crippen molar-refractivity contribution in [3.63, 3.8) is 0 Å². The van der Waals surface area contributed by atoms with Gasteiger partial charge in [0.2, 0.25) is 12.7 Å². The fourth-order valence-electron chi connectivity index (χ4n) is 3.71. The minimum absolute atomic E-state index is 0.0750. The molecule has 1 aromatic rings. The second-order valence-corrected chi connectivity index (χ2v) is 7.08. The molecule has 2 fully saturated rings. The van der Waals surface area contributed by atoms with E-state index in [9.17, 15) is 9.59 Å². The Morgan fingerprint density at radius 1 is 1.23 bits per heavy atom. The topological polar surface area (TPSA) is 77.1 Å². The number of hydrogen-bond donors (Lipinski definition) is 1. The van der Waals surface area contributed by atoms with Gasteiger partial charge in [0.15, 0.2) is 11.5 Å². The number of rotatable bonds is 4. The number of amides is 2. The molecule has 140 valence electrons. The van der Waals surface area contributed by atoms with Crippen molar-refractivity contribution in [3.8, 4) is 11.5 Å². The van der Waals surface area contributed by atoms with E-state index < -0.39 is 5.41 Å². The maximum Gasteiger partial charge on any atom is 0.409 e. The molecule has 2 heterocycles. The number of likely N-dealkylation sites (tertiary alicyclic amines) is 1. The van der Waals surface area contributed by atoms with Crippen LogP contribution in [-0.4, -0.2) is 49.4 Å². The van der Waals surface area contributed by atoms with Gasteiger partial charge in [0.05, 0.1) is 12.0 Å². The summed E-state index contributed by atoms with van der Waals surface area (Å²) in [5.41, 5.74) is 0.544. The summed E-state index contributed by atoms with van der Waals surface area (Å²) >= 11 is 0. The first kappa shape index (κ1) is 17.0. The molecule has 1 N–H and O–H groups in total. The Morgan fingerprint density at radius 3 is 2.65 bits per heavy atom. The highest BCUT2D eigenvalue weighted by atomic mass is 16.7. The number of hydrogen-bond acceptors (Lipinski definition) is 5. The number of fused-ring (bicyclic) bond motifs is 1. The van der Waals surface area contributed by atoms with E-state index in [1.54, 1.807) is 11.8 Å².